The number of aryl methyl sites for hydroxylation is 1. The second-order valence-corrected chi connectivity index (χ2v) is 7.06. The zero-order chi connectivity index (χ0) is 20.6. The molecule has 0 bridgehead atoms. The molecule has 2 N–H and O–H groups in total. The molecule has 1 aliphatic heterocycles. The molecule has 2 unspecified atom stereocenters. The minimum atomic E-state index is -4.48. The number of benzene rings is 1. The van der Waals surface area contributed by atoms with Crippen molar-refractivity contribution in [3.8, 4) is 11.4 Å². The maximum Gasteiger partial charge on any atom is 0.416 e. The topological polar surface area (TPSA) is 86.3 Å². The fourth-order valence-corrected chi connectivity index (χ4v) is 3.38. The molecule has 28 heavy (non-hydrogen) atoms. The van der Waals surface area contributed by atoms with E-state index in [1.807, 2.05) is 6.92 Å². The molecule has 0 spiro atoms. The number of carboxylic acid groups (broad SMARTS) is 1. The molecule has 2 heterocycles. The van der Waals surface area contributed by atoms with Gasteiger partial charge in [-0.15, -0.1) is 0 Å². The van der Waals surface area contributed by atoms with Crippen LogP contribution >= 0.6 is 0 Å². The standard InChI is InChI=1S/C19H20F3N3O3/c1-10-6-7-13(18(27)28)9-25(10)17(26)15-11(2)23-16(24-15)12-4-3-5-14(8-12)19(20,21)22/h3-5,8,10,13H,6-7,9H2,1-2H3,(H,23,24)(H,27,28). The zero-order valence-corrected chi connectivity index (χ0v) is 15.4. The summed E-state index contributed by atoms with van der Waals surface area (Å²) in [4.78, 5) is 32.8. The number of piperidine rings is 1. The van der Waals surface area contributed by atoms with Crippen LogP contribution in [-0.2, 0) is 11.0 Å². The number of H-pyrrole nitrogens is 1. The van der Waals surface area contributed by atoms with Crippen LogP contribution in [-0.4, -0.2) is 44.4 Å². The van der Waals surface area contributed by atoms with E-state index in [4.69, 9.17) is 0 Å². The third-order valence-electron chi connectivity index (χ3n) is 5.04. The molecular formula is C19H20F3N3O3. The highest BCUT2D eigenvalue weighted by Crippen LogP contribution is 2.32. The number of aromatic amines is 1. The lowest BCUT2D eigenvalue weighted by Gasteiger charge is -2.36. The molecule has 9 heteroatoms. The number of rotatable bonds is 3. The molecule has 0 saturated carbocycles. The van der Waals surface area contributed by atoms with E-state index >= 15 is 0 Å². The number of aliphatic carboxylic acids is 1. The van der Waals surface area contributed by atoms with Crippen molar-refractivity contribution in [1.82, 2.24) is 14.9 Å². The van der Waals surface area contributed by atoms with Crippen LogP contribution < -0.4 is 0 Å². The van der Waals surface area contributed by atoms with E-state index in [1.165, 1.54) is 17.0 Å². The van der Waals surface area contributed by atoms with E-state index in [0.29, 0.717) is 18.5 Å². The molecule has 6 nitrogen and oxygen atoms in total. The van der Waals surface area contributed by atoms with Crippen LogP contribution in [0.25, 0.3) is 11.4 Å². The maximum atomic E-state index is 12.9. The Morgan fingerprint density at radius 2 is 2.00 bits per heavy atom. The first-order chi connectivity index (χ1) is 13.1. The summed E-state index contributed by atoms with van der Waals surface area (Å²) in [5.74, 6) is -1.85. The number of alkyl halides is 3. The Morgan fingerprint density at radius 1 is 1.29 bits per heavy atom. The van der Waals surface area contributed by atoms with E-state index in [-0.39, 0.29) is 29.7 Å². The molecule has 1 amide bonds. The maximum absolute atomic E-state index is 12.9. The first kappa shape index (κ1) is 19.9. The number of carbonyl (C=O) groups excluding carboxylic acids is 1. The van der Waals surface area contributed by atoms with Gasteiger partial charge >= 0.3 is 12.1 Å². The Labute approximate surface area is 159 Å². The SMILES string of the molecule is Cc1[nH]c(-c2cccc(C(F)(F)F)c2)nc1C(=O)N1CC(C(=O)O)CCC1C. The van der Waals surface area contributed by atoms with Crippen LogP contribution in [0.3, 0.4) is 0 Å². The van der Waals surface area contributed by atoms with E-state index in [9.17, 15) is 27.9 Å². The quantitative estimate of drug-likeness (QED) is 0.829. The summed E-state index contributed by atoms with van der Waals surface area (Å²) in [7, 11) is 0. The molecule has 1 aliphatic rings. The Balaban J connectivity index is 1.90. The summed E-state index contributed by atoms with van der Waals surface area (Å²) in [6.07, 6.45) is -3.42. The third kappa shape index (κ3) is 3.88. The average Bonchev–Trinajstić information content (AvgIpc) is 3.02. The lowest BCUT2D eigenvalue weighted by atomic mass is 9.93. The molecule has 0 radical (unpaired) electrons. The highest BCUT2D eigenvalue weighted by Gasteiger charge is 2.35. The summed E-state index contributed by atoms with van der Waals surface area (Å²) < 4.78 is 38.8. The fraction of sp³-hybridized carbons (Fsp3) is 0.421. The van der Waals surface area contributed by atoms with Gasteiger partial charge in [0, 0.05) is 23.8 Å². The number of imidazole rings is 1. The molecule has 3 rings (SSSR count). The summed E-state index contributed by atoms with van der Waals surface area (Å²) in [5, 5.41) is 9.24. The van der Waals surface area contributed by atoms with Gasteiger partial charge in [0.15, 0.2) is 0 Å². The predicted octanol–water partition coefficient (Wildman–Crippen LogP) is 3.73. The predicted molar refractivity (Wildman–Crippen MR) is 94.6 cm³/mol. The normalized spacial score (nSPS) is 20.2. The first-order valence-corrected chi connectivity index (χ1v) is 8.86. The van der Waals surface area contributed by atoms with Crippen LogP contribution in [0.4, 0.5) is 13.2 Å². The van der Waals surface area contributed by atoms with Crippen LogP contribution in [0.5, 0.6) is 0 Å². The number of hydrogen-bond acceptors (Lipinski definition) is 3. The largest absolute Gasteiger partial charge is 0.481 e. The zero-order valence-electron chi connectivity index (χ0n) is 15.4. The van der Waals surface area contributed by atoms with Gasteiger partial charge in [-0.2, -0.15) is 13.2 Å². The number of nitrogens with zero attached hydrogens (tertiary/aromatic N) is 2. The van der Waals surface area contributed by atoms with Crippen molar-refractivity contribution < 1.29 is 27.9 Å². The molecule has 150 valence electrons. The Bertz CT molecular complexity index is 907. The van der Waals surface area contributed by atoms with Gasteiger partial charge in [0.25, 0.3) is 5.91 Å². The second-order valence-electron chi connectivity index (χ2n) is 7.06. The van der Waals surface area contributed by atoms with Crippen LogP contribution in [0, 0.1) is 12.8 Å². The summed E-state index contributed by atoms with van der Waals surface area (Å²) in [5.41, 5.74) is -0.0830. The summed E-state index contributed by atoms with van der Waals surface area (Å²) >= 11 is 0. The Kier molecular flexibility index (Phi) is 5.18. The van der Waals surface area contributed by atoms with Crippen molar-refractivity contribution in [3.05, 3.63) is 41.2 Å². The number of likely N-dealkylation sites (tertiary alicyclic amines) is 1. The highest BCUT2D eigenvalue weighted by molar-refractivity contribution is 5.94. The number of carboxylic acids is 1. The van der Waals surface area contributed by atoms with Crippen LogP contribution in [0.15, 0.2) is 24.3 Å². The summed E-state index contributed by atoms with van der Waals surface area (Å²) in [6, 6.07) is 4.55. The smallest absolute Gasteiger partial charge is 0.416 e. The molecule has 2 atom stereocenters. The number of aromatic nitrogens is 2. The van der Waals surface area contributed by atoms with Gasteiger partial charge in [-0.3, -0.25) is 9.59 Å². The van der Waals surface area contributed by atoms with E-state index in [0.717, 1.165) is 12.1 Å². The highest BCUT2D eigenvalue weighted by atomic mass is 19.4. The molecule has 0 aliphatic carbocycles. The Hall–Kier alpha value is -2.84. The van der Waals surface area contributed by atoms with E-state index in [2.05, 4.69) is 9.97 Å². The molecule has 1 aromatic heterocycles. The van der Waals surface area contributed by atoms with E-state index in [1.54, 1.807) is 6.92 Å². The first-order valence-electron chi connectivity index (χ1n) is 8.86. The number of hydrogen-bond donors (Lipinski definition) is 2. The van der Waals surface area contributed by atoms with Gasteiger partial charge in [-0.25, -0.2) is 4.98 Å². The monoisotopic (exact) mass is 395 g/mol. The average molecular weight is 395 g/mol. The van der Waals surface area contributed by atoms with Crippen molar-refractivity contribution >= 4 is 11.9 Å². The van der Waals surface area contributed by atoms with Gasteiger partial charge in [0.1, 0.15) is 11.5 Å². The lowest BCUT2D eigenvalue weighted by molar-refractivity contribution is -0.143. The van der Waals surface area contributed by atoms with Crippen LogP contribution in [0.2, 0.25) is 0 Å². The third-order valence-corrected chi connectivity index (χ3v) is 5.04. The van der Waals surface area contributed by atoms with Gasteiger partial charge in [0.2, 0.25) is 0 Å². The number of amides is 1. The molecule has 1 saturated heterocycles. The number of carbonyl (C=O) groups is 2. The van der Waals surface area contributed by atoms with Crippen molar-refractivity contribution in [2.45, 2.75) is 38.9 Å². The molecule has 1 aromatic carbocycles. The summed E-state index contributed by atoms with van der Waals surface area (Å²) in [6.45, 7) is 3.53. The molecule has 1 fully saturated rings. The lowest BCUT2D eigenvalue weighted by Crippen LogP contribution is -2.47. The molecule has 2 aromatic rings. The Morgan fingerprint density at radius 3 is 2.64 bits per heavy atom. The van der Waals surface area contributed by atoms with Gasteiger partial charge in [0.05, 0.1) is 11.5 Å². The van der Waals surface area contributed by atoms with Gasteiger partial charge in [-0.1, -0.05) is 12.1 Å². The minimum absolute atomic E-state index is 0.0839. The molecular weight excluding hydrogens is 375 g/mol. The second kappa shape index (κ2) is 7.29. The fourth-order valence-electron chi connectivity index (χ4n) is 3.38. The van der Waals surface area contributed by atoms with Crippen molar-refractivity contribution in [1.29, 1.82) is 0 Å². The number of halogens is 3. The van der Waals surface area contributed by atoms with Gasteiger partial charge in [-0.05, 0) is 38.8 Å². The van der Waals surface area contributed by atoms with Crippen molar-refractivity contribution in [3.63, 3.8) is 0 Å². The van der Waals surface area contributed by atoms with Gasteiger partial charge < -0.3 is 15.0 Å². The van der Waals surface area contributed by atoms with Crippen molar-refractivity contribution in [2.24, 2.45) is 5.92 Å². The van der Waals surface area contributed by atoms with E-state index < -0.39 is 29.5 Å². The number of nitrogens with one attached hydrogen (secondary N) is 1. The van der Waals surface area contributed by atoms with Crippen molar-refractivity contribution in [2.75, 3.05) is 6.54 Å². The minimum Gasteiger partial charge on any atom is -0.481 e. The van der Waals surface area contributed by atoms with Crippen LogP contribution in [0.1, 0.15) is 41.5 Å².